The van der Waals surface area contributed by atoms with Crippen molar-refractivity contribution in [1.82, 2.24) is 24.9 Å². The number of nitrogens with one attached hydrogen (secondary N) is 2. The maximum atomic E-state index is 14.2. The van der Waals surface area contributed by atoms with Crippen LogP contribution in [0.3, 0.4) is 0 Å². The van der Waals surface area contributed by atoms with Gasteiger partial charge in [0.25, 0.3) is 23.6 Å². The van der Waals surface area contributed by atoms with Crippen LogP contribution in [0.5, 0.6) is 28.7 Å². The number of hydrogen-bond donors (Lipinski definition) is 2. The molecular weight excluding hydrogens is 1020 g/mol. The molecule has 6 amide bonds. The molecule has 0 radical (unpaired) electrons. The van der Waals surface area contributed by atoms with Crippen LogP contribution in [0.15, 0.2) is 107 Å². The number of carbonyl (C=O) groups is 6. The average Bonchev–Trinajstić information content (AvgIpc) is 4.19. The molecule has 0 saturated carbocycles. The summed E-state index contributed by atoms with van der Waals surface area (Å²) in [6, 6.07) is 20.9. The van der Waals surface area contributed by atoms with Gasteiger partial charge in [0.1, 0.15) is 11.8 Å². The number of benzene rings is 4. The second-order valence-electron chi connectivity index (χ2n) is 20.8. The highest BCUT2D eigenvalue weighted by Crippen LogP contribution is 2.44. The van der Waals surface area contributed by atoms with Crippen LogP contribution >= 0.6 is 0 Å². The summed E-state index contributed by atoms with van der Waals surface area (Å²) in [4.78, 5) is 94.8. The van der Waals surface area contributed by atoms with Gasteiger partial charge >= 0.3 is 0 Å². The van der Waals surface area contributed by atoms with E-state index in [-0.39, 0.29) is 61.1 Å². The summed E-state index contributed by atoms with van der Waals surface area (Å²) in [5, 5.41) is 5.92. The molecule has 0 aliphatic carbocycles. The summed E-state index contributed by atoms with van der Waals surface area (Å²) < 4.78 is 29.1. The first kappa shape index (κ1) is 56.2. The maximum Gasteiger partial charge on any atom is 0.260 e. The molecule has 3 unspecified atom stereocenters. The Morgan fingerprint density at radius 1 is 0.713 bits per heavy atom. The van der Waals surface area contributed by atoms with E-state index in [9.17, 15) is 28.8 Å². The van der Waals surface area contributed by atoms with Gasteiger partial charge in [-0.3, -0.25) is 43.7 Å². The third-order valence-electron chi connectivity index (χ3n) is 14.8. The number of aliphatic imine (C=N–C) groups is 2. The summed E-state index contributed by atoms with van der Waals surface area (Å²) >= 11 is 0. The molecule has 418 valence electrons. The predicted molar refractivity (Wildman–Crippen MR) is 304 cm³/mol. The second-order valence-corrected chi connectivity index (χ2v) is 20.8. The number of imide groups is 1. The van der Waals surface area contributed by atoms with Crippen LogP contribution in [0.2, 0.25) is 0 Å². The molecule has 4 aromatic carbocycles. The van der Waals surface area contributed by atoms with Crippen LogP contribution in [-0.2, 0) is 19.2 Å². The smallest absolute Gasteiger partial charge is 0.260 e. The maximum absolute atomic E-state index is 14.2. The van der Waals surface area contributed by atoms with Crippen molar-refractivity contribution in [1.29, 1.82) is 0 Å². The largest absolute Gasteiger partial charge is 0.497 e. The molecule has 4 aromatic rings. The zero-order valence-electron chi connectivity index (χ0n) is 46.1. The van der Waals surface area contributed by atoms with Crippen molar-refractivity contribution in [2.75, 3.05) is 67.0 Å². The third kappa shape index (κ3) is 12.8. The fourth-order valence-electron chi connectivity index (χ4n) is 10.3. The minimum absolute atomic E-state index is 0.191. The number of fused-ring (bicyclic) bond motifs is 4. The quantitative estimate of drug-likeness (QED) is 0.0473. The van der Waals surface area contributed by atoms with Gasteiger partial charge in [-0.25, -0.2) is 0 Å². The van der Waals surface area contributed by atoms with Crippen LogP contribution < -0.4 is 34.3 Å². The van der Waals surface area contributed by atoms with Gasteiger partial charge in [-0.05, 0) is 118 Å². The molecule has 5 aliphatic heterocycles. The van der Waals surface area contributed by atoms with Gasteiger partial charge in [0.05, 0.1) is 68.6 Å². The third-order valence-corrected chi connectivity index (χ3v) is 14.8. The molecule has 5 heterocycles. The molecule has 0 aromatic heterocycles. The zero-order chi connectivity index (χ0) is 56.5. The Balaban J connectivity index is 0.772. The first-order chi connectivity index (χ1) is 38.6. The number of methoxy groups -OCH3 is 3. The lowest BCUT2D eigenvalue weighted by molar-refractivity contribution is -0.137. The van der Waals surface area contributed by atoms with Crippen LogP contribution in [-0.4, -0.2) is 147 Å². The fourth-order valence-corrected chi connectivity index (χ4v) is 10.3. The summed E-state index contributed by atoms with van der Waals surface area (Å²) in [6.45, 7) is 3.66. The van der Waals surface area contributed by atoms with E-state index in [2.05, 4.69) is 15.5 Å². The van der Waals surface area contributed by atoms with Crippen molar-refractivity contribution >= 4 is 76.1 Å². The van der Waals surface area contributed by atoms with Crippen molar-refractivity contribution in [3.05, 3.63) is 120 Å². The minimum atomic E-state index is -0.737. The first-order valence-corrected chi connectivity index (χ1v) is 27.1. The summed E-state index contributed by atoms with van der Waals surface area (Å²) in [5.74, 6) is 0.778. The van der Waals surface area contributed by atoms with E-state index in [1.54, 1.807) is 47.4 Å². The van der Waals surface area contributed by atoms with Gasteiger partial charge in [-0.15, -0.1) is 0 Å². The lowest BCUT2D eigenvalue weighted by atomic mass is 9.93. The number of rotatable bonds is 25. The first-order valence-electron chi connectivity index (χ1n) is 27.1. The predicted octanol–water partition coefficient (Wildman–Crippen LogP) is 8.53. The SMILES string of the molecule is COc1ccc(C2=CN3C(=O)c4cc(OC)c(OCCCOc5cc6c(cc5OC)C(=O)N5C=C(c7ccc(NC(=O)C(CCCCN(C)C)NC(=O)CCCCCN8C(=O)C=CC8=O)cc7)CC5C=N6)cc4N=CC3(C)C2)cc1. The van der Waals surface area contributed by atoms with Crippen LogP contribution in [0.4, 0.5) is 17.1 Å². The number of nitrogens with zero attached hydrogens (tertiary/aromatic N) is 6. The Bertz CT molecular complexity index is 3170. The molecule has 19 heteroatoms. The molecule has 5 aliphatic rings. The number of unbranched alkanes of at least 4 members (excludes halogenated alkanes) is 3. The Hall–Kier alpha value is -8.58. The van der Waals surface area contributed by atoms with E-state index in [4.69, 9.17) is 33.7 Å². The average molecular weight is 1090 g/mol. The van der Waals surface area contributed by atoms with Crippen molar-refractivity contribution in [3.8, 4) is 28.7 Å². The lowest BCUT2D eigenvalue weighted by Gasteiger charge is -2.29. The molecule has 80 heavy (non-hydrogen) atoms. The molecule has 19 nitrogen and oxygen atoms in total. The van der Waals surface area contributed by atoms with Gasteiger partial charge in [0, 0.05) is 87.0 Å². The van der Waals surface area contributed by atoms with E-state index in [1.165, 1.54) is 31.3 Å². The summed E-state index contributed by atoms with van der Waals surface area (Å²) in [6.07, 6.45) is 15.5. The monoisotopic (exact) mass is 1090 g/mol. The topological polar surface area (TPSA) is 210 Å². The molecule has 2 N–H and O–H groups in total. The molecule has 0 spiro atoms. The van der Waals surface area contributed by atoms with Gasteiger partial charge in [-0.1, -0.05) is 30.7 Å². The summed E-state index contributed by atoms with van der Waals surface area (Å²) in [7, 11) is 8.66. The van der Waals surface area contributed by atoms with E-state index in [1.807, 2.05) is 88.2 Å². The van der Waals surface area contributed by atoms with Crippen LogP contribution in [0.25, 0.3) is 11.1 Å². The Morgan fingerprint density at radius 2 is 1.35 bits per heavy atom. The number of carbonyl (C=O) groups excluding carboxylic acids is 6. The van der Waals surface area contributed by atoms with E-state index < -0.39 is 11.6 Å². The van der Waals surface area contributed by atoms with Crippen molar-refractivity contribution in [2.45, 2.75) is 88.8 Å². The van der Waals surface area contributed by atoms with Gasteiger partial charge < -0.3 is 49.0 Å². The molecule has 9 rings (SSSR count). The highest BCUT2D eigenvalue weighted by atomic mass is 16.5. The van der Waals surface area contributed by atoms with Gasteiger partial charge in [0.15, 0.2) is 23.0 Å². The number of ether oxygens (including phenoxy) is 5. The molecule has 0 saturated heterocycles. The lowest BCUT2D eigenvalue weighted by Crippen LogP contribution is -2.43. The second kappa shape index (κ2) is 25.0. The highest BCUT2D eigenvalue weighted by molar-refractivity contribution is 6.13. The van der Waals surface area contributed by atoms with E-state index in [0.717, 1.165) is 47.4 Å². The number of amides is 6. The van der Waals surface area contributed by atoms with E-state index >= 15 is 0 Å². The molecule has 0 fully saturated rings. The normalized spacial score (nSPS) is 18.2. The number of hydrogen-bond acceptors (Lipinski definition) is 14. The van der Waals surface area contributed by atoms with Crippen molar-refractivity contribution in [3.63, 3.8) is 0 Å². The Labute approximate surface area is 465 Å². The van der Waals surface area contributed by atoms with Gasteiger partial charge in [0.2, 0.25) is 11.8 Å². The minimum Gasteiger partial charge on any atom is -0.497 e. The Kier molecular flexibility index (Phi) is 17.6. The van der Waals surface area contributed by atoms with Crippen molar-refractivity contribution in [2.24, 2.45) is 9.98 Å². The van der Waals surface area contributed by atoms with E-state index in [0.29, 0.717) is 103 Å². The summed E-state index contributed by atoms with van der Waals surface area (Å²) in [5.41, 5.74) is 5.42. The number of anilines is 1. The van der Waals surface area contributed by atoms with Crippen molar-refractivity contribution < 1.29 is 52.5 Å². The van der Waals surface area contributed by atoms with Crippen LogP contribution in [0, 0.1) is 0 Å². The zero-order valence-corrected chi connectivity index (χ0v) is 46.1. The molecule has 0 bridgehead atoms. The molecular formula is C61H68N8O11. The highest BCUT2D eigenvalue weighted by Gasteiger charge is 2.42. The Morgan fingerprint density at radius 3 is 2.00 bits per heavy atom. The van der Waals surface area contributed by atoms with Crippen LogP contribution in [0.1, 0.15) is 103 Å². The fraction of sp³-hybridized carbons (Fsp3) is 0.377. The standard InChI is InChI=1S/C61H68N8O11/c1-61-34-42(40-17-21-45(76-4)22-18-40)37-69(61)60(75)47-31-52(78-6)54(33-50(47)63-38-61)80-28-12-27-79-53-32-49-46(30-51(53)77-5)59(74)68-36-41(29-44(68)35-62-49)39-15-19-43(20-16-39)64-58(73)48(13-9-11-25-66(2)3)65-55(70)14-8-7-10-26-67-56(71)23-24-57(67)72/h15-24,30-33,35-38,44,48H,7-14,25-29,34H2,1-6H3,(H,64,73)(H,65,70). The molecule has 3 atom stereocenters. The van der Waals surface area contributed by atoms with Gasteiger partial charge in [-0.2, -0.15) is 0 Å².